The minimum Gasteiger partial charge on any atom is -0.480 e. The average molecular weight is 403 g/mol. The van der Waals surface area contributed by atoms with Crippen molar-refractivity contribution in [3.63, 3.8) is 0 Å². The molecule has 12 nitrogen and oxygen atoms in total. The number of aliphatic hydroxyl groups excluding tert-OH is 2. The van der Waals surface area contributed by atoms with Gasteiger partial charge in [-0.2, -0.15) is 0 Å². The van der Waals surface area contributed by atoms with E-state index in [1.807, 2.05) is 0 Å². The molecule has 0 aromatic heterocycles. The molecule has 1 fully saturated rings. The summed E-state index contributed by atoms with van der Waals surface area (Å²) in [6.07, 6.45) is 0.285. The number of carboxylic acid groups (broad SMARTS) is 1. The van der Waals surface area contributed by atoms with Gasteiger partial charge in [0.25, 0.3) is 0 Å². The molecule has 28 heavy (non-hydrogen) atoms. The van der Waals surface area contributed by atoms with Crippen LogP contribution in [0.3, 0.4) is 0 Å². The highest BCUT2D eigenvalue weighted by Crippen LogP contribution is 2.18. The number of amides is 3. The van der Waals surface area contributed by atoms with Crippen molar-refractivity contribution in [3.05, 3.63) is 0 Å². The molecule has 0 spiro atoms. The molecule has 0 aromatic rings. The zero-order valence-corrected chi connectivity index (χ0v) is 15.5. The van der Waals surface area contributed by atoms with Crippen LogP contribution in [0.2, 0.25) is 0 Å². The maximum atomic E-state index is 12.4. The zero-order valence-electron chi connectivity index (χ0n) is 15.5. The fourth-order valence-electron chi connectivity index (χ4n) is 2.94. The number of hydrogen-bond donors (Lipinski definition) is 7. The molecule has 1 heterocycles. The summed E-state index contributed by atoms with van der Waals surface area (Å²) >= 11 is 0. The number of carbonyl (C=O) groups excluding carboxylic acids is 3. The third kappa shape index (κ3) is 6.71. The zero-order chi connectivity index (χ0) is 21.3. The highest BCUT2D eigenvalue weighted by molar-refractivity contribution is 5.94. The van der Waals surface area contributed by atoms with Gasteiger partial charge >= 0.3 is 5.97 Å². The van der Waals surface area contributed by atoms with Gasteiger partial charge in [-0.05, 0) is 25.8 Å². The number of aliphatic carboxylic acids is 1. The number of nitrogens with one attached hydrogen (secondary N) is 2. The van der Waals surface area contributed by atoms with Crippen molar-refractivity contribution in [1.82, 2.24) is 15.5 Å². The molecular formula is C16H29N5O7. The third-order valence-corrected chi connectivity index (χ3v) is 4.45. The van der Waals surface area contributed by atoms with Gasteiger partial charge in [-0.15, -0.1) is 0 Å². The maximum Gasteiger partial charge on any atom is 0.326 e. The van der Waals surface area contributed by atoms with E-state index in [1.165, 1.54) is 0 Å². The van der Waals surface area contributed by atoms with Crippen molar-refractivity contribution in [2.45, 2.75) is 49.9 Å². The molecule has 1 aliphatic heterocycles. The molecule has 9 N–H and O–H groups in total. The molecule has 160 valence electrons. The topological polar surface area (TPSA) is 208 Å². The second-order valence-corrected chi connectivity index (χ2v) is 6.58. The first-order chi connectivity index (χ1) is 13.2. The Bertz CT molecular complexity index is 574. The van der Waals surface area contributed by atoms with E-state index in [0.29, 0.717) is 19.4 Å². The summed E-state index contributed by atoms with van der Waals surface area (Å²) in [7, 11) is 0. The summed E-state index contributed by atoms with van der Waals surface area (Å²) in [6.45, 7) is -0.788. The lowest BCUT2D eigenvalue weighted by Crippen LogP contribution is -2.56. The minimum absolute atomic E-state index is 0.0336. The van der Waals surface area contributed by atoms with Gasteiger partial charge in [-0.1, -0.05) is 0 Å². The van der Waals surface area contributed by atoms with E-state index in [-0.39, 0.29) is 25.9 Å². The molecule has 3 amide bonds. The lowest BCUT2D eigenvalue weighted by atomic mass is 10.1. The number of hydrogen-bond acceptors (Lipinski definition) is 8. The van der Waals surface area contributed by atoms with Crippen molar-refractivity contribution in [2.24, 2.45) is 11.5 Å². The largest absolute Gasteiger partial charge is 0.480 e. The molecule has 0 unspecified atom stereocenters. The van der Waals surface area contributed by atoms with Crippen molar-refractivity contribution in [1.29, 1.82) is 0 Å². The first-order valence-electron chi connectivity index (χ1n) is 9.07. The molecule has 0 saturated carbocycles. The predicted octanol–water partition coefficient (Wildman–Crippen LogP) is -3.92. The molecule has 1 aliphatic rings. The minimum atomic E-state index is -1.41. The number of nitrogens with two attached hydrogens (primary N) is 2. The van der Waals surface area contributed by atoms with Crippen molar-refractivity contribution in [3.8, 4) is 0 Å². The number of nitrogens with zero attached hydrogens (tertiary/aromatic N) is 1. The Labute approximate surface area is 162 Å². The maximum absolute atomic E-state index is 12.4. The molecule has 12 heteroatoms. The van der Waals surface area contributed by atoms with Crippen molar-refractivity contribution < 1.29 is 34.5 Å². The van der Waals surface area contributed by atoms with Crippen LogP contribution in [-0.4, -0.2) is 94.4 Å². The van der Waals surface area contributed by atoms with Crippen molar-refractivity contribution in [2.75, 3.05) is 26.2 Å². The number of β-amino-alcohol motifs (C(OH)–C–C–N with tert-alkyl or cyclic N) is 1. The number of likely N-dealkylation sites (tertiary alicyclic amines) is 1. The van der Waals surface area contributed by atoms with Crippen LogP contribution in [0.25, 0.3) is 0 Å². The smallest absolute Gasteiger partial charge is 0.326 e. The van der Waals surface area contributed by atoms with E-state index < -0.39 is 54.5 Å². The summed E-state index contributed by atoms with van der Waals surface area (Å²) in [4.78, 5) is 48.9. The molecule has 4 atom stereocenters. The SMILES string of the molecule is NCCCC[C@H](NC(=O)[C@H](CO)NC(=O)[C@@H]1C[C@@H](O)CN1C(=O)CN)C(=O)O. The van der Waals surface area contributed by atoms with Crippen LogP contribution in [-0.2, 0) is 19.2 Å². The van der Waals surface area contributed by atoms with Crippen molar-refractivity contribution >= 4 is 23.7 Å². The molecule has 0 aromatic carbocycles. The summed E-state index contributed by atoms with van der Waals surface area (Å²) in [5.41, 5.74) is 10.7. The Morgan fingerprint density at radius 1 is 1.11 bits per heavy atom. The Morgan fingerprint density at radius 2 is 1.79 bits per heavy atom. The normalized spacial score (nSPS) is 21.1. The fraction of sp³-hybridized carbons (Fsp3) is 0.750. The number of carbonyl (C=O) groups is 4. The lowest BCUT2D eigenvalue weighted by Gasteiger charge is -2.25. The van der Waals surface area contributed by atoms with Crippen LogP contribution in [0, 0.1) is 0 Å². The van der Waals surface area contributed by atoms with Gasteiger partial charge < -0.3 is 42.3 Å². The van der Waals surface area contributed by atoms with Gasteiger partial charge in [0.05, 0.1) is 19.3 Å². The Kier molecular flexibility index (Phi) is 9.79. The van der Waals surface area contributed by atoms with Gasteiger partial charge in [-0.3, -0.25) is 14.4 Å². The van der Waals surface area contributed by atoms with E-state index in [2.05, 4.69) is 10.6 Å². The van der Waals surface area contributed by atoms with E-state index in [0.717, 1.165) is 4.90 Å². The molecule has 1 saturated heterocycles. The molecular weight excluding hydrogens is 374 g/mol. The highest BCUT2D eigenvalue weighted by Gasteiger charge is 2.39. The predicted molar refractivity (Wildman–Crippen MR) is 96.7 cm³/mol. The van der Waals surface area contributed by atoms with Gasteiger partial charge in [0.1, 0.15) is 18.1 Å². The molecule has 0 aliphatic carbocycles. The van der Waals surface area contributed by atoms with Crippen LogP contribution in [0.4, 0.5) is 0 Å². The molecule has 1 rings (SSSR count). The molecule has 0 radical (unpaired) electrons. The number of aliphatic hydroxyl groups is 2. The van der Waals surface area contributed by atoms with Crippen LogP contribution >= 0.6 is 0 Å². The van der Waals surface area contributed by atoms with Crippen LogP contribution in [0.15, 0.2) is 0 Å². The highest BCUT2D eigenvalue weighted by atomic mass is 16.4. The van der Waals surface area contributed by atoms with E-state index in [1.54, 1.807) is 0 Å². The Hall–Kier alpha value is -2.28. The van der Waals surface area contributed by atoms with E-state index >= 15 is 0 Å². The summed E-state index contributed by atoms with van der Waals surface area (Å²) in [5.74, 6) is -3.40. The monoisotopic (exact) mass is 403 g/mol. The van der Waals surface area contributed by atoms with Crippen LogP contribution < -0.4 is 22.1 Å². The van der Waals surface area contributed by atoms with E-state index in [9.17, 15) is 34.5 Å². The first-order valence-corrected chi connectivity index (χ1v) is 9.07. The quantitative estimate of drug-likeness (QED) is 0.168. The average Bonchev–Trinajstić information content (AvgIpc) is 3.06. The Balaban J connectivity index is 2.72. The summed E-state index contributed by atoms with van der Waals surface area (Å²) < 4.78 is 0. The Morgan fingerprint density at radius 3 is 2.32 bits per heavy atom. The van der Waals surface area contributed by atoms with Gasteiger partial charge in [-0.25, -0.2) is 4.79 Å². The number of carboxylic acids is 1. The second-order valence-electron chi connectivity index (χ2n) is 6.58. The van der Waals surface area contributed by atoms with Gasteiger partial charge in [0.2, 0.25) is 17.7 Å². The first kappa shape index (κ1) is 23.8. The number of rotatable bonds is 11. The van der Waals surface area contributed by atoms with Crippen LogP contribution in [0.1, 0.15) is 25.7 Å². The summed E-state index contributed by atoms with van der Waals surface area (Å²) in [6, 6.07) is -3.63. The standard InChI is InChI=1S/C16H29N5O7/c17-4-2-1-3-10(16(27)28)19-14(25)11(8-22)20-15(26)12-5-9(23)7-21(12)13(24)6-18/h9-12,22-23H,1-8,17-18H2,(H,19,25)(H,20,26)(H,27,28)/t9-,10+,11+,12+/m1/s1. The lowest BCUT2D eigenvalue weighted by molar-refractivity contribution is -0.143. The van der Waals surface area contributed by atoms with Gasteiger partial charge in [0, 0.05) is 13.0 Å². The summed E-state index contributed by atoms with van der Waals surface area (Å²) in [5, 5.41) is 32.9. The van der Waals surface area contributed by atoms with Crippen LogP contribution in [0.5, 0.6) is 0 Å². The molecule has 0 bridgehead atoms. The fourth-order valence-corrected chi connectivity index (χ4v) is 2.94. The van der Waals surface area contributed by atoms with E-state index in [4.69, 9.17) is 11.5 Å². The third-order valence-electron chi connectivity index (χ3n) is 4.45. The van der Waals surface area contributed by atoms with Gasteiger partial charge in [0.15, 0.2) is 0 Å². The second kappa shape index (κ2) is 11.5. The number of unbranched alkanes of at least 4 members (excludes halogenated alkanes) is 1.